The second kappa shape index (κ2) is 14.1. The zero-order chi connectivity index (χ0) is 21.9. The van der Waals surface area contributed by atoms with E-state index >= 15 is 0 Å². The van der Waals surface area contributed by atoms with Crippen molar-refractivity contribution in [1.82, 2.24) is 16.0 Å². The number of halogens is 1. The molecule has 1 amide bonds. The van der Waals surface area contributed by atoms with Crippen molar-refractivity contribution in [2.45, 2.75) is 38.2 Å². The maximum absolute atomic E-state index is 11.8. The Morgan fingerprint density at radius 2 is 1.94 bits per heavy atom. The number of guanidine groups is 1. The Hall–Kier alpha value is -2.13. The Morgan fingerprint density at radius 3 is 2.75 bits per heavy atom. The minimum absolute atomic E-state index is 0. The number of hydrogen-bond acceptors (Lipinski definition) is 3. The maximum atomic E-state index is 11.8. The molecular formula is C25H35IN4O2. The molecule has 0 heterocycles. The Morgan fingerprint density at radius 1 is 1.12 bits per heavy atom. The first kappa shape index (κ1) is 26.1. The molecular weight excluding hydrogens is 515 g/mol. The summed E-state index contributed by atoms with van der Waals surface area (Å²) in [7, 11) is 3.42. The smallest absolute Gasteiger partial charge is 0.251 e. The highest BCUT2D eigenvalue weighted by Gasteiger charge is 2.19. The first-order chi connectivity index (χ1) is 15.2. The van der Waals surface area contributed by atoms with Crippen molar-refractivity contribution >= 4 is 35.8 Å². The number of aliphatic imine (C=N–C) groups is 1. The van der Waals surface area contributed by atoms with E-state index in [1.807, 2.05) is 24.3 Å². The van der Waals surface area contributed by atoms with Crippen LogP contribution in [0.15, 0.2) is 53.5 Å². The fraction of sp³-hybridized carbons (Fsp3) is 0.440. The largest absolute Gasteiger partial charge is 0.373 e. The molecule has 6 nitrogen and oxygen atoms in total. The van der Waals surface area contributed by atoms with Gasteiger partial charge in [-0.05, 0) is 60.9 Å². The standard InChI is InChI=1S/C25H34N4O2.HI/c1-26-24(30)21-11-5-8-19(18-21)14-16-29-25(27-2)28-15-7-17-31-23-13-6-10-20-9-3-4-12-22(20)23;/h3-5,8-9,11-12,18,23H,6-7,10,13-17H2,1-2H3,(H,26,30)(H2,27,28,29);1H. The number of carbonyl (C=O) groups excluding carboxylic acids is 1. The molecule has 0 bridgehead atoms. The number of rotatable bonds is 9. The summed E-state index contributed by atoms with van der Waals surface area (Å²) in [6.45, 7) is 2.28. The van der Waals surface area contributed by atoms with E-state index in [9.17, 15) is 4.79 Å². The lowest BCUT2D eigenvalue weighted by Crippen LogP contribution is -2.39. The third-order valence-electron chi connectivity index (χ3n) is 5.59. The minimum Gasteiger partial charge on any atom is -0.373 e. The molecule has 1 aliphatic rings. The zero-order valence-electron chi connectivity index (χ0n) is 19.0. The van der Waals surface area contributed by atoms with Crippen molar-refractivity contribution in [3.05, 3.63) is 70.8 Å². The summed E-state index contributed by atoms with van der Waals surface area (Å²) in [6.07, 6.45) is 5.43. The molecule has 2 aromatic carbocycles. The van der Waals surface area contributed by atoms with Crippen LogP contribution in [0.4, 0.5) is 0 Å². The predicted molar refractivity (Wildman–Crippen MR) is 141 cm³/mol. The van der Waals surface area contributed by atoms with E-state index in [-0.39, 0.29) is 36.0 Å². The highest BCUT2D eigenvalue weighted by atomic mass is 127. The van der Waals surface area contributed by atoms with Crippen LogP contribution in [-0.4, -0.2) is 45.7 Å². The van der Waals surface area contributed by atoms with Crippen molar-refractivity contribution in [2.75, 3.05) is 33.8 Å². The molecule has 1 atom stereocenters. The van der Waals surface area contributed by atoms with Gasteiger partial charge in [-0.3, -0.25) is 9.79 Å². The fourth-order valence-corrected chi connectivity index (χ4v) is 3.95. The van der Waals surface area contributed by atoms with Crippen LogP contribution in [0.3, 0.4) is 0 Å². The van der Waals surface area contributed by atoms with Crippen LogP contribution < -0.4 is 16.0 Å². The van der Waals surface area contributed by atoms with E-state index in [0.29, 0.717) is 5.56 Å². The number of ether oxygens (including phenoxy) is 1. The number of nitrogens with zero attached hydrogens (tertiary/aromatic N) is 1. The summed E-state index contributed by atoms with van der Waals surface area (Å²) in [5, 5.41) is 9.33. The monoisotopic (exact) mass is 550 g/mol. The number of hydrogen-bond donors (Lipinski definition) is 3. The van der Waals surface area contributed by atoms with Crippen LogP contribution in [0.25, 0.3) is 0 Å². The number of fused-ring (bicyclic) bond motifs is 1. The average Bonchev–Trinajstić information content (AvgIpc) is 2.82. The maximum Gasteiger partial charge on any atom is 0.251 e. The van der Waals surface area contributed by atoms with Crippen molar-refractivity contribution < 1.29 is 9.53 Å². The van der Waals surface area contributed by atoms with Crippen molar-refractivity contribution in [3.63, 3.8) is 0 Å². The zero-order valence-corrected chi connectivity index (χ0v) is 21.4. The molecule has 0 saturated heterocycles. The summed E-state index contributed by atoms with van der Waals surface area (Å²) in [5.41, 5.74) is 4.59. The van der Waals surface area contributed by atoms with Gasteiger partial charge >= 0.3 is 0 Å². The van der Waals surface area contributed by atoms with Gasteiger partial charge in [0.05, 0.1) is 6.10 Å². The van der Waals surface area contributed by atoms with Gasteiger partial charge in [0.25, 0.3) is 5.91 Å². The van der Waals surface area contributed by atoms with Crippen LogP contribution in [0.5, 0.6) is 0 Å². The summed E-state index contributed by atoms with van der Waals surface area (Å²) < 4.78 is 6.17. The van der Waals surface area contributed by atoms with Gasteiger partial charge < -0.3 is 20.7 Å². The molecule has 0 aromatic heterocycles. The van der Waals surface area contributed by atoms with Crippen LogP contribution >= 0.6 is 24.0 Å². The van der Waals surface area contributed by atoms with E-state index < -0.39 is 0 Å². The summed E-state index contributed by atoms with van der Waals surface area (Å²) >= 11 is 0. The van der Waals surface area contributed by atoms with Crippen molar-refractivity contribution in [1.29, 1.82) is 0 Å². The number of benzene rings is 2. The van der Waals surface area contributed by atoms with Gasteiger partial charge in [0, 0.05) is 39.4 Å². The predicted octanol–water partition coefficient (Wildman–Crippen LogP) is 3.86. The van der Waals surface area contributed by atoms with Gasteiger partial charge in [0.15, 0.2) is 5.96 Å². The lowest BCUT2D eigenvalue weighted by atomic mass is 9.89. The third kappa shape index (κ3) is 7.78. The van der Waals surface area contributed by atoms with Gasteiger partial charge in [-0.2, -0.15) is 0 Å². The van der Waals surface area contributed by atoms with Crippen molar-refractivity contribution in [3.8, 4) is 0 Å². The Labute approximate surface area is 208 Å². The van der Waals surface area contributed by atoms with Crippen LogP contribution in [0.2, 0.25) is 0 Å². The average molecular weight is 550 g/mol. The Kier molecular flexibility index (Phi) is 11.5. The first-order valence-electron chi connectivity index (χ1n) is 11.2. The van der Waals surface area contributed by atoms with Gasteiger partial charge in [-0.25, -0.2) is 0 Å². The van der Waals surface area contributed by atoms with Gasteiger partial charge in [0.1, 0.15) is 0 Å². The van der Waals surface area contributed by atoms with Crippen LogP contribution in [-0.2, 0) is 17.6 Å². The second-order valence-corrected chi connectivity index (χ2v) is 7.76. The molecule has 0 spiro atoms. The van der Waals surface area contributed by atoms with Crippen molar-refractivity contribution in [2.24, 2.45) is 4.99 Å². The summed E-state index contributed by atoms with van der Waals surface area (Å²) in [5.74, 6) is 0.719. The third-order valence-corrected chi connectivity index (χ3v) is 5.59. The Bertz CT molecular complexity index is 888. The Balaban J connectivity index is 0.00000363. The number of nitrogens with one attached hydrogen (secondary N) is 3. The molecule has 0 saturated carbocycles. The van der Waals surface area contributed by atoms with Gasteiger partial charge in [-0.15, -0.1) is 24.0 Å². The molecule has 0 radical (unpaired) electrons. The first-order valence-corrected chi connectivity index (χ1v) is 11.2. The lowest BCUT2D eigenvalue weighted by Gasteiger charge is -2.25. The molecule has 1 aliphatic carbocycles. The molecule has 2 aromatic rings. The molecule has 7 heteroatoms. The molecule has 3 N–H and O–H groups in total. The van der Waals surface area contributed by atoms with Crippen LogP contribution in [0.1, 0.15) is 52.4 Å². The normalized spacial score (nSPS) is 15.3. The number of aryl methyl sites for hydroxylation is 1. The summed E-state index contributed by atoms with van der Waals surface area (Å²) in [6, 6.07) is 16.3. The van der Waals surface area contributed by atoms with E-state index in [4.69, 9.17) is 4.74 Å². The SMILES string of the molecule is CN=C(NCCCOC1CCCc2ccccc21)NCCc1cccc(C(=O)NC)c1.I. The number of carbonyl (C=O) groups is 1. The van der Waals surface area contributed by atoms with Crippen LogP contribution in [0, 0.1) is 0 Å². The van der Waals surface area contributed by atoms with E-state index in [1.165, 1.54) is 17.5 Å². The van der Waals surface area contributed by atoms with Gasteiger partial charge in [-0.1, -0.05) is 36.4 Å². The molecule has 0 fully saturated rings. The van der Waals surface area contributed by atoms with E-state index in [2.05, 4.69) is 45.2 Å². The minimum atomic E-state index is -0.0637. The number of amides is 1. The topological polar surface area (TPSA) is 74.8 Å². The molecule has 1 unspecified atom stereocenters. The molecule has 32 heavy (non-hydrogen) atoms. The molecule has 3 rings (SSSR count). The van der Waals surface area contributed by atoms with E-state index in [0.717, 1.165) is 56.9 Å². The highest BCUT2D eigenvalue weighted by Crippen LogP contribution is 2.32. The fourth-order valence-electron chi connectivity index (χ4n) is 3.95. The quantitative estimate of drug-likeness (QED) is 0.192. The second-order valence-electron chi connectivity index (χ2n) is 7.76. The van der Waals surface area contributed by atoms with E-state index in [1.54, 1.807) is 14.1 Å². The lowest BCUT2D eigenvalue weighted by molar-refractivity contribution is 0.0398. The molecule has 174 valence electrons. The summed E-state index contributed by atoms with van der Waals surface area (Å²) in [4.78, 5) is 16.0. The molecule has 0 aliphatic heterocycles. The van der Waals surface area contributed by atoms with Gasteiger partial charge in [0.2, 0.25) is 0 Å². The highest BCUT2D eigenvalue weighted by molar-refractivity contribution is 14.0.